The molecular weight excluding hydrogens is 276 g/mol. The smallest absolute Gasteiger partial charge is 0.407 e. The van der Waals surface area contributed by atoms with E-state index >= 15 is 0 Å². The van der Waals surface area contributed by atoms with Crippen molar-refractivity contribution in [2.24, 2.45) is 5.92 Å². The van der Waals surface area contributed by atoms with Gasteiger partial charge in [-0.05, 0) is 18.8 Å². The fourth-order valence-corrected chi connectivity index (χ4v) is 1.83. The molecule has 1 atom stereocenters. The number of hydrogen-bond acceptors (Lipinski definition) is 4. The first-order valence-electron chi connectivity index (χ1n) is 6.52. The van der Waals surface area contributed by atoms with Crippen LogP contribution in [0.3, 0.4) is 0 Å². The summed E-state index contributed by atoms with van der Waals surface area (Å²) in [6.07, 6.45) is 9.55. The van der Waals surface area contributed by atoms with Gasteiger partial charge in [-0.15, -0.1) is 12.8 Å². The summed E-state index contributed by atoms with van der Waals surface area (Å²) < 4.78 is 4.52. The number of likely N-dealkylation sites (tertiary alicyclic amines) is 1. The zero-order valence-corrected chi connectivity index (χ0v) is 12.7. The first-order chi connectivity index (χ1) is 9.97. The Morgan fingerprint density at radius 1 is 1.29 bits per heavy atom. The molecule has 2 amide bonds. The summed E-state index contributed by atoms with van der Waals surface area (Å²) in [5.41, 5.74) is 0. The van der Waals surface area contributed by atoms with Gasteiger partial charge in [-0.3, -0.25) is 9.59 Å². The van der Waals surface area contributed by atoms with Crippen molar-refractivity contribution in [3.8, 4) is 12.8 Å². The molecule has 1 unspecified atom stereocenters. The quantitative estimate of drug-likeness (QED) is 0.597. The van der Waals surface area contributed by atoms with Crippen LogP contribution in [0, 0.1) is 18.8 Å². The number of rotatable bonds is 3. The monoisotopic (exact) mass is 300 g/mol. The second-order valence-corrected chi connectivity index (χ2v) is 4.50. The zero-order chi connectivity index (χ0) is 16.8. The van der Waals surface area contributed by atoms with Crippen molar-refractivity contribution in [3.63, 3.8) is 0 Å². The normalized spacial score (nSPS) is 13.9. The lowest BCUT2D eigenvalue weighted by Gasteiger charge is -2.26. The van der Waals surface area contributed by atoms with Gasteiger partial charge >= 0.3 is 6.09 Å². The van der Waals surface area contributed by atoms with Gasteiger partial charge in [-0.2, -0.15) is 0 Å². The third-order valence-electron chi connectivity index (χ3n) is 2.81. The van der Waals surface area contributed by atoms with Crippen LogP contribution in [0.1, 0.15) is 26.7 Å². The maximum atomic E-state index is 12.1. The lowest BCUT2D eigenvalue weighted by atomic mass is 10.0. The summed E-state index contributed by atoms with van der Waals surface area (Å²) in [4.78, 5) is 33.4. The molecule has 1 rings (SSSR count). The molecule has 2 N–H and O–H groups in total. The summed E-state index contributed by atoms with van der Waals surface area (Å²) in [5, 5.41) is 9.48. The SMILES string of the molecule is C#C.COC(=O)NC(C(=O)N1CCCC1)C(C)C.O=CO. The average Bonchev–Trinajstić information content (AvgIpc) is 3.00. The van der Waals surface area contributed by atoms with Gasteiger partial charge in [-0.25, -0.2) is 4.79 Å². The highest BCUT2D eigenvalue weighted by Crippen LogP contribution is 2.13. The molecule has 1 aliphatic heterocycles. The van der Waals surface area contributed by atoms with Crippen molar-refractivity contribution in [3.05, 3.63) is 0 Å². The number of hydrogen-bond donors (Lipinski definition) is 2. The molecule has 0 spiro atoms. The minimum atomic E-state index is -0.550. The van der Waals surface area contributed by atoms with Gasteiger partial charge in [0.05, 0.1) is 7.11 Å². The van der Waals surface area contributed by atoms with Gasteiger partial charge in [0, 0.05) is 13.1 Å². The number of amides is 2. The van der Waals surface area contributed by atoms with E-state index in [4.69, 9.17) is 9.90 Å². The predicted molar refractivity (Wildman–Crippen MR) is 78.6 cm³/mol. The van der Waals surface area contributed by atoms with Crippen molar-refractivity contribution in [1.29, 1.82) is 0 Å². The number of nitrogens with one attached hydrogen (secondary N) is 1. The molecule has 21 heavy (non-hydrogen) atoms. The molecule has 0 aromatic carbocycles. The predicted octanol–water partition coefficient (Wildman–Crippen LogP) is 0.940. The Morgan fingerprint density at radius 3 is 2.05 bits per heavy atom. The molecule has 1 heterocycles. The van der Waals surface area contributed by atoms with Gasteiger partial charge in [0.25, 0.3) is 6.47 Å². The van der Waals surface area contributed by atoms with Crippen LogP contribution in [0.25, 0.3) is 0 Å². The minimum Gasteiger partial charge on any atom is -0.483 e. The van der Waals surface area contributed by atoms with Gasteiger partial charge in [0.1, 0.15) is 6.04 Å². The van der Waals surface area contributed by atoms with E-state index in [1.165, 1.54) is 7.11 Å². The van der Waals surface area contributed by atoms with Gasteiger partial charge < -0.3 is 20.1 Å². The van der Waals surface area contributed by atoms with Gasteiger partial charge in [0.15, 0.2) is 0 Å². The number of carbonyl (C=O) groups excluding carboxylic acids is 2. The van der Waals surface area contributed by atoms with E-state index in [-0.39, 0.29) is 18.3 Å². The van der Waals surface area contributed by atoms with Crippen molar-refractivity contribution in [2.75, 3.05) is 20.2 Å². The summed E-state index contributed by atoms with van der Waals surface area (Å²) >= 11 is 0. The maximum Gasteiger partial charge on any atom is 0.407 e. The van der Waals surface area contributed by atoms with Crippen LogP contribution in [0.5, 0.6) is 0 Å². The number of terminal acetylenes is 1. The Labute approximate surface area is 125 Å². The number of carbonyl (C=O) groups is 3. The lowest BCUT2D eigenvalue weighted by Crippen LogP contribution is -2.50. The number of carboxylic acid groups (broad SMARTS) is 1. The second kappa shape index (κ2) is 12.8. The molecule has 0 aliphatic carbocycles. The molecule has 7 heteroatoms. The summed E-state index contributed by atoms with van der Waals surface area (Å²) in [5.74, 6) is 0.0603. The van der Waals surface area contributed by atoms with Crippen LogP contribution in [0.15, 0.2) is 0 Å². The van der Waals surface area contributed by atoms with Crippen LogP contribution >= 0.6 is 0 Å². The molecular formula is C14H24N2O5. The largest absolute Gasteiger partial charge is 0.483 e. The molecule has 0 radical (unpaired) electrons. The average molecular weight is 300 g/mol. The summed E-state index contributed by atoms with van der Waals surface area (Å²) in [7, 11) is 1.30. The van der Waals surface area contributed by atoms with E-state index < -0.39 is 12.1 Å². The number of alkyl carbamates (subject to hydrolysis) is 1. The van der Waals surface area contributed by atoms with E-state index in [1.807, 2.05) is 13.8 Å². The van der Waals surface area contributed by atoms with Crippen molar-refractivity contribution in [1.82, 2.24) is 10.2 Å². The fraction of sp³-hybridized carbons (Fsp3) is 0.643. The van der Waals surface area contributed by atoms with E-state index in [0.29, 0.717) is 0 Å². The molecule has 1 fully saturated rings. The van der Waals surface area contributed by atoms with Gasteiger partial charge in [0.2, 0.25) is 5.91 Å². The third-order valence-corrected chi connectivity index (χ3v) is 2.81. The van der Waals surface area contributed by atoms with E-state index in [0.717, 1.165) is 25.9 Å². The molecule has 0 saturated carbocycles. The summed E-state index contributed by atoms with van der Waals surface area (Å²) in [6.45, 7) is 5.17. The van der Waals surface area contributed by atoms with Crippen molar-refractivity contribution in [2.45, 2.75) is 32.7 Å². The van der Waals surface area contributed by atoms with Crippen molar-refractivity contribution >= 4 is 18.5 Å². The number of methoxy groups -OCH3 is 1. The number of ether oxygens (including phenoxy) is 1. The Bertz CT molecular complexity index is 336. The van der Waals surface area contributed by atoms with Crippen LogP contribution in [0.2, 0.25) is 0 Å². The Morgan fingerprint density at radius 2 is 1.71 bits per heavy atom. The molecule has 120 valence electrons. The maximum absolute atomic E-state index is 12.1. The highest BCUT2D eigenvalue weighted by molar-refractivity contribution is 5.86. The molecule has 7 nitrogen and oxygen atoms in total. The van der Waals surface area contributed by atoms with Crippen molar-refractivity contribution < 1.29 is 24.2 Å². The Balaban J connectivity index is 0. The molecule has 1 saturated heterocycles. The number of nitrogens with zero attached hydrogens (tertiary/aromatic N) is 1. The van der Waals surface area contributed by atoms with Crippen LogP contribution in [-0.4, -0.2) is 54.7 Å². The second-order valence-electron chi connectivity index (χ2n) is 4.50. The highest BCUT2D eigenvalue weighted by Gasteiger charge is 2.30. The molecule has 0 aromatic rings. The molecule has 0 aromatic heterocycles. The Kier molecular flexibility index (Phi) is 12.8. The topological polar surface area (TPSA) is 95.9 Å². The van der Waals surface area contributed by atoms with Crippen LogP contribution in [-0.2, 0) is 14.3 Å². The van der Waals surface area contributed by atoms with Crippen LogP contribution in [0.4, 0.5) is 4.79 Å². The molecule has 0 bridgehead atoms. The summed E-state index contributed by atoms with van der Waals surface area (Å²) in [6, 6.07) is -0.481. The van der Waals surface area contributed by atoms with E-state index in [9.17, 15) is 9.59 Å². The molecule has 1 aliphatic rings. The Hall–Kier alpha value is -2.23. The van der Waals surface area contributed by atoms with Gasteiger partial charge in [-0.1, -0.05) is 13.8 Å². The first kappa shape index (κ1) is 21.1. The first-order valence-corrected chi connectivity index (χ1v) is 6.52. The third kappa shape index (κ3) is 8.52. The minimum absolute atomic E-state index is 0.00194. The van der Waals surface area contributed by atoms with Crippen LogP contribution < -0.4 is 5.32 Å². The lowest BCUT2D eigenvalue weighted by molar-refractivity contribution is -0.133. The van der Waals surface area contributed by atoms with E-state index in [2.05, 4.69) is 22.9 Å². The van der Waals surface area contributed by atoms with E-state index in [1.54, 1.807) is 4.90 Å². The zero-order valence-electron chi connectivity index (χ0n) is 12.7. The highest BCUT2D eigenvalue weighted by atomic mass is 16.5. The fourth-order valence-electron chi connectivity index (χ4n) is 1.83. The standard InChI is InChI=1S/C11H20N2O3.C2H2.CH2O2/c1-8(2)9(12-11(15)16-3)10(14)13-6-4-5-7-13;1-2;2-1-3/h8-9H,4-7H2,1-3H3,(H,12,15);1-2H;1H,(H,2,3).